The van der Waals surface area contributed by atoms with Gasteiger partial charge in [0.05, 0.1) is 13.7 Å². The molecule has 1 aliphatic rings. The van der Waals surface area contributed by atoms with Gasteiger partial charge in [-0.1, -0.05) is 25.7 Å². The van der Waals surface area contributed by atoms with Crippen molar-refractivity contribution in [3.8, 4) is 0 Å². The van der Waals surface area contributed by atoms with Crippen molar-refractivity contribution in [3.05, 3.63) is 0 Å². The zero-order valence-electron chi connectivity index (χ0n) is 10.8. The Morgan fingerprint density at radius 2 is 2.06 bits per heavy atom. The monoisotopic (exact) mass is 258 g/mol. The summed E-state index contributed by atoms with van der Waals surface area (Å²) in [6.07, 6.45) is 5.26. The van der Waals surface area contributed by atoms with Crippen LogP contribution in [0.25, 0.3) is 0 Å². The van der Waals surface area contributed by atoms with E-state index in [1.807, 2.05) is 0 Å². The summed E-state index contributed by atoms with van der Waals surface area (Å²) in [6.45, 7) is 0.374. The van der Waals surface area contributed by atoms with Crippen molar-refractivity contribution in [3.63, 3.8) is 0 Å². The van der Waals surface area contributed by atoms with Crippen LogP contribution in [0.1, 0.15) is 32.1 Å². The molecule has 0 aromatic heterocycles. The van der Waals surface area contributed by atoms with Gasteiger partial charge >= 0.3 is 12.1 Å². The number of nitrogens with one attached hydrogen (secondary N) is 1. The molecule has 0 aromatic carbocycles. The van der Waals surface area contributed by atoms with Crippen LogP contribution in [-0.2, 0) is 14.3 Å². The SMILES string of the molecule is COC(=O)[C@H](CN)NC(=O)OCCC1CCCC1. The van der Waals surface area contributed by atoms with Crippen LogP contribution in [0.5, 0.6) is 0 Å². The predicted octanol–water partition coefficient (Wildman–Crippen LogP) is 0.793. The first-order chi connectivity index (χ1) is 8.67. The van der Waals surface area contributed by atoms with Gasteiger partial charge in [-0.2, -0.15) is 0 Å². The Balaban J connectivity index is 2.17. The van der Waals surface area contributed by atoms with Crippen molar-refractivity contribution in [2.75, 3.05) is 20.3 Å². The molecule has 0 aliphatic heterocycles. The van der Waals surface area contributed by atoms with E-state index in [-0.39, 0.29) is 6.54 Å². The van der Waals surface area contributed by atoms with E-state index in [9.17, 15) is 9.59 Å². The number of hydrogen-bond acceptors (Lipinski definition) is 5. The first-order valence-corrected chi connectivity index (χ1v) is 6.38. The van der Waals surface area contributed by atoms with Gasteiger partial charge in [0.1, 0.15) is 6.04 Å². The van der Waals surface area contributed by atoms with E-state index in [4.69, 9.17) is 10.5 Å². The number of nitrogens with two attached hydrogens (primary N) is 1. The van der Waals surface area contributed by atoms with Crippen LogP contribution in [-0.4, -0.2) is 38.4 Å². The second kappa shape index (κ2) is 7.92. The second-order valence-corrected chi connectivity index (χ2v) is 4.53. The number of esters is 1. The molecule has 6 heteroatoms. The molecule has 0 bridgehead atoms. The van der Waals surface area contributed by atoms with Crippen molar-refractivity contribution < 1.29 is 19.1 Å². The lowest BCUT2D eigenvalue weighted by atomic mass is 10.1. The predicted molar refractivity (Wildman–Crippen MR) is 65.9 cm³/mol. The van der Waals surface area contributed by atoms with Gasteiger partial charge in [-0.25, -0.2) is 9.59 Å². The van der Waals surface area contributed by atoms with Gasteiger partial charge in [-0.3, -0.25) is 0 Å². The van der Waals surface area contributed by atoms with Crippen molar-refractivity contribution in [2.45, 2.75) is 38.1 Å². The fourth-order valence-electron chi connectivity index (χ4n) is 2.16. The van der Waals surface area contributed by atoms with Crippen LogP contribution in [0, 0.1) is 5.92 Å². The minimum atomic E-state index is -0.839. The summed E-state index contributed by atoms with van der Waals surface area (Å²) in [6, 6.07) is -0.839. The van der Waals surface area contributed by atoms with Crippen LogP contribution in [0.2, 0.25) is 0 Å². The number of carbonyl (C=O) groups is 2. The number of amides is 1. The van der Waals surface area contributed by atoms with Crippen LogP contribution in [0.15, 0.2) is 0 Å². The van der Waals surface area contributed by atoms with Crippen molar-refractivity contribution in [2.24, 2.45) is 11.7 Å². The molecule has 1 saturated carbocycles. The van der Waals surface area contributed by atoms with E-state index in [0.29, 0.717) is 12.5 Å². The van der Waals surface area contributed by atoms with Gasteiger partial charge in [0.2, 0.25) is 0 Å². The number of ether oxygens (including phenoxy) is 2. The molecule has 0 radical (unpaired) electrons. The van der Waals surface area contributed by atoms with Crippen molar-refractivity contribution in [1.82, 2.24) is 5.32 Å². The highest BCUT2D eigenvalue weighted by Gasteiger charge is 2.21. The summed E-state index contributed by atoms with van der Waals surface area (Å²) < 4.78 is 9.52. The lowest BCUT2D eigenvalue weighted by Crippen LogP contribution is -2.46. The van der Waals surface area contributed by atoms with E-state index in [0.717, 1.165) is 6.42 Å². The molecule has 0 unspecified atom stereocenters. The molecule has 1 atom stereocenters. The standard InChI is InChI=1S/C12H22N2O4/c1-17-11(15)10(8-13)14-12(16)18-7-6-9-4-2-3-5-9/h9-10H,2-8,13H2,1H3,(H,14,16)/t10-/m0/s1. The average molecular weight is 258 g/mol. The van der Waals surface area contributed by atoms with Gasteiger partial charge in [-0.05, 0) is 12.3 Å². The molecular formula is C12H22N2O4. The third-order valence-electron chi connectivity index (χ3n) is 3.25. The fourth-order valence-corrected chi connectivity index (χ4v) is 2.16. The Labute approximate surface area is 107 Å². The molecule has 104 valence electrons. The zero-order chi connectivity index (χ0) is 13.4. The molecule has 1 aliphatic carbocycles. The summed E-state index contributed by atoms with van der Waals surface area (Å²) in [5.74, 6) is 0.106. The van der Waals surface area contributed by atoms with Crippen molar-refractivity contribution >= 4 is 12.1 Å². The summed E-state index contributed by atoms with van der Waals surface area (Å²) in [5, 5.41) is 2.38. The van der Waals surface area contributed by atoms with E-state index >= 15 is 0 Å². The zero-order valence-corrected chi connectivity index (χ0v) is 10.8. The van der Waals surface area contributed by atoms with Gasteiger partial charge in [0, 0.05) is 6.54 Å². The summed E-state index contributed by atoms with van der Waals surface area (Å²) in [5.41, 5.74) is 5.35. The first kappa shape index (κ1) is 14.8. The number of methoxy groups -OCH3 is 1. The number of alkyl carbamates (subject to hydrolysis) is 1. The molecule has 3 N–H and O–H groups in total. The lowest BCUT2D eigenvalue weighted by molar-refractivity contribution is -0.142. The molecule has 1 fully saturated rings. The molecule has 6 nitrogen and oxygen atoms in total. The summed E-state index contributed by atoms with van der Waals surface area (Å²) in [7, 11) is 1.25. The maximum absolute atomic E-state index is 11.4. The quantitative estimate of drug-likeness (QED) is 0.687. The van der Waals surface area contributed by atoms with Gasteiger partial charge < -0.3 is 20.5 Å². The van der Waals surface area contributed by atoms with Gasteiger partial charge in [0.25, 0.3) is 0 Å². The smallest absolute Gasteiger partial charge is 0.407 e. The maximum Gasteiger partial charge on any atom is 0.407 e. The van der Waals surface area contributed by atoms with E-state index in [1.165, 1.54) is 32.8 Å². The Hall–Kier alpha value is -1.30. The molecule has 0 saturated heterocycles. The summed E-state index contributed by atoms with van der Waals surface area (Å²) >= 11 is 0. The number of rotatable bonds is 6. The van der Waals surface area contributed by atoms with E-state index in [2.05, 4.69) is 10.1 Å². The normalized spacial score (nSPS) is 17.2. The molecule has 18 heavy (non-hydrogen) atoms. The van der Waals surface area contributed by atoms with Crippen LogP contribution in [0.3, 0.4) is 0 Å². The molecular weight excluding hydrogens is 236 g/mol. The highest BCUT2D eigenvalue weighted by molar-refractivity contribution is 5.81. The first-order valence-electron chi connectivity index (χ1n) is 6.38. The number of carbonyl (C=O) groups excluding carboxylic acids is 2. The highest BCUT2D eigenvalue weighted by Crippen LogP contribution is 2.27. The third-order valence-corrected chi connectivity index (χ3v) is 3.25. The molecule has 0 aromatic rings. The molecule has 1 rings (SSSR count). The Bertz CT molecular complexity index is 277. The third kappa shape index (κ3) is 4.91. The molecule has 0 spiro atoms. The van der Waals surface area contributed by atoms with Gasteiger partial charge in [0.15, 0.2) is 0 Å². The Kier molecular flexibility index (Phi) is 6.49. The minimum absolute atomic E-state index is 0.00953. The topological polar surface area (TPSA) is 90.6 Å². The van der Waals surface area contributed by atoms with Crippen LogP contribution < -0.4 is 11.1 Å². The number of hydrogen-bond donors (Lipinski definition) is 2. The minimum Gasteiger partial charge on any atom is -0.467 e. The lowest BCUT2D eigenvalue weighted by Gasteiger charge is -2.15. The summed E-state index contributed by atoms with van der Waals surface area (Å²) in [4.78, 5) is 22.6. The fraction of sp³-hybridized carbons (Fsp3) is 0.833. The largest absolute Gasteiger partial charge is 0.467 e. The van der Waals surface area contributed by atoms with Crippen LogP contribution >= 0.6 is 0 Å². The van der Waals surface area contributed by atoms with E-state index in [1.54, 1.807) is 0 Å². The Morgan fingerprint density at radius 3 is 2.61 bits per heavy atom. The van der Waals surface area contributed by atoms with Gasteiger partial charge in [-0.15, -0.1) is 0 Å². The molecule has 1 amide bonds. The van der Waals surface area contributed by atoms with E-state index < -0.39 is 18.1 Å². The van der Waals surface area contributed by atoms with Crippen molar-refractivity contribution in [1.29, 1.82) is 0 Å². The average Bonchev–Trinajstić information content (AvgIpc) is 2.88. The van der Waals surface area contributed by atoms with Crippen LogP contribution in [0.4, 0.5) is 4.79 Å². The maximum atomic E-state index is 11.4. The second-order valence-electron chi connectivity index (χ2n) is 4.53. The molecule has 0 heterocycles. The Morgan fingerprint density at radius 1 is 1.39 bits per heavy atom. The highest BCUT2D eigenvalue weighted by atomic mass is 16.6.